The second-order valence-corrected chi connectivity index (χ2v) is 11.6. The van der Waals surface area contributed by atoms with Crippen molar-refractivity contribution in [1.29, 1.82) is 0 Å². The molecule has 1 N–H and O–H groups in total. The zero-order valence-electron chi connectivity index (χ0n) is 22.5. The first-order chi connectivity index (χ1) is 18.5. The number of methoxy groups -OCH3 is 2. The maximum atomic E-state index is 14.0. The summed E-state index contributed by atoms with van der Waals surface area (Å²) >= 11 is 3.40. The van der Waals surface area contributed by atoms with Crippen molar-refractivity contribution in [2.24, 2.45) is 0 Å². The molecule has 3 aromatic rings. The summed E-state index contributed by atoms with van der Waals surface area (Å²) in [5.74, 6) is -0.340. The molecular formula is C28H32BrN3O6S. The van der Waals surface area contributed by atoms with Crippen LogP contribution in [0.1, 0.15) is 18.1 Å². The Morgan fingerprint density at radius 3 is 2.18 bits per heavy atom. The first-order valence-corrected chi connectivity index (χ1v) is 14.3. The number of likely N-dealkylation sites (N-methyl/N-ethyl adjacent to an activating group) is 1. The molecule has 0 bridgehead atoms. The average molecular weight is 619 g/mol. The summed E-state index contributed by atoms with van der Waals surface area (Å²) in [6.07, 6.45) is 0. The third-order valence-corrected chi connectivity index (χ3v) is 8.53. The second-order valence-electron chi connectivity index (χ2n) is 8.80. The average Bonchev–Trinajstić information content (AvgIpc) is 2.94. The van der Waals surface area contributed by atoms with Crippen LogP contribution in [0, 0.1) is 6.92 Å². The van der Waals surface area contributed by atoms with Gasteiger partial charge in [0.1, 0.15) is 24.1 Å². The van der Waals surface area contributed by atoms with Crippen molar-refractivity contribution in [2.75, 3.05) is 32.1 Å². The Hall–Kier alpha value is -3.57. The van der Waals surface area contributed by atoms with Crippen molar-refractivity contribution < 1.29 is 27.5 Å². The lowest BCUT2D eigenvalue weighted by molar-refractivity contribution is -0.139. The molecule has 208 valence electrons. The summed E-state index contributed by atoms with van der Waals surface area (Å²) in [4.78, 5) is 27.9. The number of benzene rings is 3. The van der Waals surface area contributed by atoms with E-state index in [1.807, 2.05) is 31.2 Å². The number of carbonyl (C=O) groups is 2. The molecule has 0 aromatic heterocycles. The molecule has 0 saturated carbocycles. The summed E-state index contributed by atoms with van der Waals surface area (Å²) in [6.45, 7) is 2.95. The molecule has 0 heterocycles. The molecule has 0 aliphatic heterocycles. The number of hydrogen-bond acceptors (Lipinski definition) is 6. The minimum atomic E-state index is -4.24. The number of aryl methyl sites for hydroxylation is 1. The number of anilines is 1. The number of halogens is 1. The van der Waals surface area contributed by atoms with Crippen molar-refractivity contribution in [3.05, 3.63) is 82.3 Å². The Balaban J connectivity index is 2.12. The monoisotopic (exact) mass is 617 g/mol. The Kier molecular flexibility index (Phi) is 9.98. The highest BCUT2D eigenvalue weighted by Crippen LogP contribution is 2.36. The van der Waals surface area contributed by atoms with Crippen molar-refractivity contribution in [3.8, 4) is 11.5 Å². The van der Waals surface area contributed by atoms with Crippen LogP contribution in [0.3, 0.4) is 0 Å². The van der Waals surface area contributed by atoms with E-state index in [1.165, 1.54) is 44.4 Å². The highest BCUT2D eigenvalue weighted by molar-refractivity contribution is 9.10. The molecule has 3 aromatic carbocycles. The quantitative estimate of drug-likeness (QED) is 0.347. The van der Waals surface area contributed by atoms with Gasteiger partial charge in [-0.2, -0.15) is 0 Å². The summed E-state index contributed by atoms with van der Waals surface area (Å²) in [6, 6.07) is 17.5. The van der Waals surface area contributed by atoms with Gasteiger partial charge in [0.2, 0.25) is 11.8 Å². The molecule has 0 spiro atoms. The van der Waals surface area contributed by atoms with E-state index in [1.54, 1.807) is 31.2 Å². The summed E-state index contributed by atoms with van der Waals surface area (Å²) < 4.78 is 40.7. The smallest absolute Gasteiger partial charge is 0.264 e. The third-order valence-electron chi connectivity index (χ3n) is 6.22. The Morgan fingerprint density at radius 2 is 1.62 bits per heavy atom. The molecule has 0 unspecified atom stereocenters. The van der Waals surface area contributed by atoms with Gasteiger partial charge in [0, 0.05) is 24.1 Å². The van der Waals surface area contributed by atoms with E-state index in [9.17, 15) is 18.0 Å². The van der Waals surface area contributed by atoms with Crippen molar-refractivity contribution in [2.45, 2.75) is 31.3 Å². The Morgan fingerprint density at radius 1 is 0.974 bits per heavy atom. The van der Waals surface area contributed by atoms with E-state index >= 15 is 0 Å². The van der Waals surface area contributed by atoms with E-state index < -0.39 is 28.5 Å². The van der Waals surface area contributed by atoms with Gasteiger partial charge < -0.3 is 19.7 Å². The van der Waals surface area contributed by atoms with Crippen LogP contribution in [0.2, 0.25) is 0 Å². The number of amides is 2. The summed E-state index contributed by atoms with van der Waals surface area (Å²) in [5.41, 5.74) is 1.78. The predicted molar refractivity (Wildman–Crippen MR) is 153 cm³/mol. The normalized spacial score (nSPS) is 11.8. The molecule has 0 saturated heterocycles. The Labute approximate surface area is 237 Å². The van der Waals surface area contributed by atoms with Crippen molar-refractivity contribution >= 4 is 43.5 Å². The summed E-state index contributed by atoms with van der Waals surface area (Å²) in [7, 11) is 0.112. The number of hydrogen-bond donors (Lipinski definition) is 1. The van der Waals surface area contributed by atoms with Crippen LogP contribution < -0.4 is 19.1 Å². The first kappa shape index (κ1) is 30.0. The van der Waals surface area contributed by atoms with Gasteiger partial charge in [0.25, 0.3) is 10.0 Å². The highest BCUT2D eigenvalue weighted by atomic mass is 79.9. The highest BCUT2D eigenvalue weighted by Gasteiger charge is 2.34. The Bertz CT molecular complexity index is 1410. The number of nitrogens with one attached hydrogen (secondary N) is 1. The van der Waals surface area contributed by atoms with Gasteiger partial charge in [-0.15, -0.1) is 0 Å². The number of sulfonamides is 1. The topological polar surface area (TPSA) is 105 Å². The second kappa shape index (κ2) is 13.0. The van der Waals surface area contributed by atoms with Crippen LogP contribution in [0.4, 0.5) is 5.69 Å². The fourth-order valence-electron chi connectivity index (χ4n) is 3.92. The van der Waals surface area contributed by atoms with E-state index in [-0.39, 0.29) is 28.8 Å². The number of rotatable bonds is 11. The number of carbonyl (C=O) groups excluding carboxylic acids is 2. The van der Waals surface area contributed by atoms with Gasteiger partial charge in [-0.1, -0.05) is 45.8 Å². The lowest BCUT2D eigenvalue weighted by Crippen LogP contribution is -2.50. The van der Waals surface area contributed by atoms with Gasteiger partial charge in [-0.3, -0.25) is 13.9 Å². The van der Waals surface area contributed by atoms with Gasteiger partial charge in [-0.05, 0) is 55.8 Å². The van der Waals surface area contributed by atoms with E-state index in [0.29, 0.717) is 5.75 Å². The molecule has 2 amide bonds. The fraction of sp³-hybridized carbons (Fsp3) is 0.286. The van der Waals surface area contributed by atoms with Crippen molar-refractivity contribution in [1.82, 2.24) is 10.2 Å². The maximum Gasteiger partial charge on any atom is 0.264 e. The molecule has 0 fully saturated rings. The van der Waals surface area contributed by atoms with Crippen LogP contribution in [0.15, 0.2) is 76.1 Å². The zero-order chi connectivity index (χ0) is 28.7. The first-order valence-electron chi connectivity index (χ1n) is 12.1. The van der Waals surface area contributed by atoms with Gasteiger partial charge in [0.05, 0.1) is 24.8 Å². The number of nitrogens with zero attached hydrogens (tertiary/aromatic N) is 2. The van der Waals surface area contributed by atoms with Gasteiger partial charge in [0.15, 0.2) is 0 Å². The standard InChI is InChI=1S/C28H32BrN3O6S/c1-19-6-13-24(14-7-19)39(35,36)32(25-16-23(37-4)12-15-26(25)38-5)18-27(33)31(20(2)28(34)30-3)17-21-8-10-22(29)11-9-21/h6-16,20H,17-18H2,1-5H3,(H,30,34)/t20-/m1/s1. The van der Waals surface area contributed by atoms with Crippen LogP contribution in [-0.4, -0.2) is 59.0 Å². The zero-order valence-corrected chi connectivity index (χ0v) is 24.9. The molecule has 11 heteroatoms. The van der Waals surface area contributed by atoms with E-state index in [2.05, 4.69) is 21.2 Å². The van der Waals surface area contributed by atoms with E-state index in [0.717, 1.165) is 19.9 Å². The molecular weight excluding hydrogens is 586 g/mol. The fourth-order valence-corrected chi connectivity index (χ4v) is 5.60. The number of ether oxygens (including phenoxy) is 2. The van der Waals surface area contributed by atoms with Crippen LogP contribution in [0.5, 0.6) is 11.5 Å². The summed E-state index contributed by atoms with van der Waals surface area (Å²) in [5, 5.41) is 2.57. The minimum absolute atomic E-state index is 0.00424. The molecule has 3 rings (SSSR count). The molecule has 0 aliphatic rings. The van der Waals surface area contributed by atoms with Crippen molar-refractivity contribution in [3.63, 3.8) is 0 Å². The van der Waals surface area contributed by atoms with Gasteiger partial charge >= 0.3 is 0 Å². The predicted octanol–water partition coefficient (Wildman–Crippen LogP) is 4.13. The maximum absolute atomic E-state index is 14.0. The lowest BCUT2D eigenvalue weighted by Gasteiger charge is -2.32. The third kappa shape index (κ3) is 7.10. The molecule has 9 nitrogen and oxygen atoms in total. The largest absolute Gasteiger partial charge is 0.497 e. The molecule has 0 radical (unpaired) electrons. The SMILES string of the molecule is CNC(=O)[C@@H](C)N(Cc1ccc(Br)cc1)C(=O)CN(c1cc(OC)ccc1OC)S(=O)(=O)c1ccc(C)cc1. The molecule has 39 heavy (non-hydrogen) atoms. The van der Waals surface area contributed by atoms with Crippen LogP contribution >= 0.6 is 15.9 Å². The van der Waals surface area contributed by atoms with Gasteiger partial charge in [-0.25, -0.2) is 8.42 Å². The minimum Gasteiger partial charge on any atom is -0.497 e. The van der Waals surface area contributed by atoms with E-state index in [4.69, 9.17) is 9.47 Å². The van der Waals surface area contributed by atoms with Crippen LogP contribution in [-0.2, 0) is 26.2 Å². The van der Waals surface area contributed by atoms with Crippen LogP contribution in [0.25, 0.3) is 0 Å². The molecule has 1 atom stereocenters. The molecule has 0 aliphatic carbocycles. The lowest BCUT2D eigenvalue weighted by atomic mass is 10.1.